The topological polar surface area (TPSA) is 62.2 Å². The zero-order valence-corrected chi connectivity index (χ0v) is 11.0. The smallest absolute Gasteiger partial charge is 0.355 e. The average molecular weight is 335 g/mol. The van der Waals surface area contributed by atoms with E-state index in [4.69, 9.17) is 5.11 Å². The number of hydrogen-bond acceptors (Lipinski definition) is 4. The van der Waals surface area contributed by atoms with Crippen LogP contribution in [-0.2, 0) is 0 Å². The Kier molecular flexibility index (Phi) is 3.58. The molecule has 0 atom stereocenters. The maximum Gasteiger partial charge on any atom is 0.355 e. The van der Waals surface area contributed by atoms with Gasteiger partial charge >= 0.3 is 5.97 Å². The Bertz CT molecular complexity index is 618. The van der Waals surface area contributed by atoms with Crippen molar-refractivity contribution >= 4 is 44.1 Å². The van der Waals surface area contributed by atoms with Gasteiger partial charge in [-0.25, -0.2) is 18.6 Å². The summed E-state index contributed by atoms with van der Waals surface area (Å²) >= 11 is 3.84. The van der Waals surface area contributed by atoms with Crippen molar-refractivity contribution in [1.82, 2.24) is 4.98 Å². The summed E-state index contributed by atoms with van der Waals surface area (Å²) in [5.74, 6) is -2.48. The molecule has 18 heavy (non-hydrogen) atoms. The third kappa shape index (κ3) is 2.65. The predicted octanol–water partition coefficient (Wildman–Crippen LogP) is 3.63. The van der Waals surface area contributed by atoms with E-state index in [9.17, 15) is 13.6 Å². The van der Waals surface area contributed by atoms with E-state index in [1.807, 2.05) is 0 Å². The number of anilines is 2. The van der Waals surface area contributed by atoms with E-state index in [0.717, 1.165) is 23.5 Å². The second kappa shape index (κ2) is 4.99. The number of hydrogen-bond donors (Lipinski definition) is 2. The van der Waals surface area contributed by atoms with Crippen LogP contribution in [0.1, 0.15) is 10.5 Å². The van der Waals surface area contributed by atoms with Crippen LogP contribution in [-0.4, -0.2) is 16.1 Å². The van der Waals surface area contributed by atoms with Crippen molar-refractivity contribution in [2.45, 2.75) is 0 Å². The molecule has 0 unspecified atom stereocenters. The fraction of sp³-hybridized carbons (Fsp3) is 0. The van der Waals surface area contributed by atoms with Gasteiger partial charge in [0.15, 0.2) is 10.8 Å². The van der Waals surface area contributed by atoms with Crippen LogP contribution >= 0.6 is 27.3 Å². The molecule has 0 aliphatic carbocycles. The fourth-order valence-corrected chi connectivity index (χ4v) is 2.18. The van der Waals surface area contributed by atoms with Gasteiger partial charge in [0.05, 0.1) is 10.2 Å². The Morgan fingerprint density at radius 3 is 2.72 bits per heavy atom. The van der Waals surface area contributed by atoms with Gasteiger partial charge in [-0.1, -0.05) is 0 Å². The molecule has 1 heterocycles. The van der Waals surface area contributed by atoms with Gasteiger partial charge in [0.2, 0.25) is 0 Å². The molecule has 0 fully saturated rings. The monoisotopic (exact) mass is 334 g/mol. The molecule has 0 amide bonds. The van der Waals surface area contributed by atoms with Crippen molar-refractivity contribution in [3.63, 3.8) is 0 Å². The predicted molar refractivity (Wildman–Crippen MR) is 66.4 cm³/mol. The SMILES string of the molecule is O=C(O)c1csc(Nc2cc(F)c(Br)cc2F)n1. The quantitative estimate of drug-likeness (QED) is 0.841. The second-order valence-electron chi connectivity index (χ2n) is 3.21. The van der Waals surface area contributed by atoms with Crippen LogP contribution in [0.5, 0.6) is 0 Å². The lowest BCUT2D eigenvalue weighted by atomic mass is 10.3. The summed E-state index contributed by atoms with van der Waals surface area (Å²) in [7, 11) is 0. The van der Waals surface area contributed by atoms with Crippen LogP contribution in [0, 0.1) is 11.6 Å². The largest absolute Gasteiger partial charge is 0.476 e. The first-order valence-electron chi connectivity index (χ1n) is 4.58. The summed E-state index contributed by atoms with van der Waals surface area (Å²) in [4.78, 5) is 14.3. The third-order valence-corrected chi connectivity index (χ3v) is 3.34. The van der Waals surface area contributed by atoms with Crippen molar-refractivity contribution in [3.05, 3.63) is 39.3 Å². The van der Waals surface area contributed by atoms with E-state index in [2.05, 4.69) is 26.2 Å². The molecule has 1 aromatic heterocycles. The highest BCUT2D eigenvalue weighted by atomic mass is 79.9. The lowest BCUT2D eigenvalue weighted by molar-refractivity contribution is 0.0691. The minimum Gasteiger partial charge on any atom is -0.476 e. The number of nitrogens with zero attached hydrogens (tertiary/aromatic N) is 1. The second-order valence-corrected chi connectivity index (χ2v) is 4.93. The fourth-order valence-electron chi connectivity index (χ4n) is 1.16. The number of aromatic nitrogens is 1. The number of nitrogens with one attached hydrogen (secondary N) is 1. The van der Waals surface area contributed by atoms with Crippen LogP contribution in [0.4, 0.5) is 19.6 Å². The molecule has 2 aromatic rings. The lowest BCUT2D eigenvalue weighted by Gasteiger charge is -2.05. The lowest BCUT2D eigenvalue weighted by Crippen LogP contribution is -1.98. The van der Waals surface area contributed by atoms with Gasteiger partial charge in [0, 0.05) is 11.4 Å². The molecule has 0 radical (unpaired) electrons. The highest BCUT2D eigenvalue weighted by Gasteiger charge is 2.12. The highest BCUT2D eigenvalue weighted by Crippen LogP contribution is 2.27. The highest BCUT2D eigenvalue weighted by molar-refractivity contribution is 9.10. The molecule has 0 saturated carbocycles. The van der Waals surface area contributed by atoms with E-state index in [1.165, 1.54) is 5.38 Å². The van der Waals surface area contributed by atoms with Crippen molar-refractivity contribution in [2.75, 3.05) is 5.32 Å². The Labute approximate surface area is 112 Å². The van der Waals surface area contributed by atoms with Crippen molar-refractivity contribution < 1.29 is 18.7 Å². The molecule has 0 aliphatic rings. The zero-order valence-electron chi connectivity index (χ0n) is 8.58. The minimum atomic E-state index is -1.18. The molecule has 8 heteroatoms. The molecule has 2 rings (SSSR count). The van der Waals surface area contributed by atoms with E-state index in [1.54, 1.807) is 0 Å². The normalized spacial score (nSPS) is 10.4. The average Bonchev–Trinajstić information content (AvgIpc) is 2.74. The van der Waals surface area contributed by atoms with Gasteiger partial charge in [0.1, 0.15) is 11.6 Å². The number of carboxylic acids is 1. The van der Waals surface area contributed by atoms with Crippen LogP contribution < -0.4 is 5.32 Å². The molecular formula is C10H5BrF2N2O2S. The molecule has 1 aromatic carbocycles. The number of carboxylic acid groups (broad SMARTS) is 1. The number of carbonyl (C=O) groups is 1. The van der Waals surface area contributed by atoms with Gasteiger partial charge < -0.3 is 10.4 Å². The summed E-state index contributed by atoms with van der Waals surface area (Å²) in [6, 6.07) is 1.94. The summed E-state index contributed by atoms with van der Waals surface area (Å²) in [6.07, 6.45) is 0. The third-order valence-electron chi connectivity index (χ3n) is 1.97. The summed E-state index contributed by atoms with van der Waals surface area (Å²) < 4.78 is 26.7. The van der Waals surface area contributed by atoms with Gasteiger partial charge in [0.25, 0.3) is 0 Å². The Hall–Kier alpha value is -1.54. The maximum atomic E-state index is 13.5. The number of aromatic carboxylic acids is 1. The molecule has 4 nitrogen and oxygen atoms in total. The van der Waals surface area contributed by atoms with Gasteiger partial charge in [-0.2, -0.15) is 0 Å². The van der Waals surface area contributed by atoms with E-state index >= 15 is 0 Å². The summed E-state index contributed by atoms with van der Waals surface area (Å²) in [5.41, 5.74) is -0.262. The standard InChI is InChI=1S/C10H5BrF2N2O2S/c11-4-1-6(13)7(2-5(4)12)14-10-15-8(3-18-10)9(16)17/h1-3H,(H,14,15)(H,16,17). The number of halogens is 3. The van der Waals surface area contributed by atoms with Crippen LogP contribution in [0.15, 0.2) is 22.0 Å². The first-order chi connectivity index (χ1) is 8.47. The molecule has 0 bridgehead atoms. The van der Waals surface area contributed by atoms with Crippen molar-refractivity contribution in [1.29, 1.82) is 0 Å². The van der Waals surface area contributed by atoms with E-state index in [-0.39, 0.29) is 21.0 Å². The summed E-state index contributed by atoms with van der Waals surface area (Å²) in [5, 5.41) is 12.7. The van der Waals surface area contributed by atoms with Gasteiger partial charge in [-0.15, -0.1) is 11.3 Å². The Balaban J connectivity index is 2.28. The van der Waals surface area contributed by atoms with Gasteiger partial charge in [-0.3, -0.25) is 0 Å². The maximum absolute atomic E-state index is 13.5. The number of rotatable bonds is 3. The zero-order chi connectivity index (χ0) is 13.3. The molecule has 2 N–H and O–H groups in total. The molecule has 0 aliphatic heterocycles. The number of thiazole rings is 1. The molecule has 0 saturated heterocycles. The van der Waals surface area contributed by atoms with E-state index in [0.29, 0.717) is 0 Å². The van der Waals surface area contributed by atoms with Crippen LogP contribution in [0.2, 0.25) is 0 Å². The van der Waals surface area contributed by atoms with E-state index < -0.39 is 17.6 Å². The van der Waals surface area contributed by atoms with Crippen LogP contribution in [0.3, 0.4) is 0 Å². The van der Waals surface area contributed by atoms with Crippen molar-refractivity contribution in [2.24, 2.45) is 0 Å². The molecule has 94 valence electrons. The van der Waals surface area contributed by atoms with Crippen molar-refractivity contribution in [3.8, 4) is 0 Å². The molecular weight excluding hydrogens is 330 g/mol. The first-order valence-corrected chi connectivity index (χ1v) is 6.25. The van der Waals surface area contributed by atoms with Gasteiger partial charge in [-0.05, 0) is 22.0 Å². The Morgan fingerprint density at radius 2 is 2.11 bits per heavy atom. The first kappa shape index (κ1) is 12.9. The van der Waals surface area contributed by atoms with Crippen LogP contribution in [0.25, 0.3) is 0 Å². The minimum absolute atomic E-state index is 0.0101. The Morgan fingerprint density at radius 1 is 1.39 bits per heavy atom. The molecule has 0 spiro atoms. The number of benzene rings is 1. The summed E-state index contributed by atoms with van der Waals surface area (Å²) in [6.45, 7) is 0.